The fourth-order valence-corrected chi connectivity index (χ4v) is 4.07. The van der Waals surface area contributed by atoms with Gasteiger partial charge in [0.1, 0.15) is 5.75 Å². The third-order valence-electron chi connectivity index (χ3n) is 4.73. The maximum atomic E-state index is 13.6. The summed E-state index contributed by atoms with van der Waals surface area (Å²) in [4.78, 5) is 24.4. The smallest absolute Gasteiger partial charge is 0.260 e. The zero-order valence-electron chi connectivity index (χ0n) is 16.5. The van der Waals surface area contributed by atoms with E-state index in [0.29, 0.717) is 17.2 Å². The Kier molecular flexibility index (Phi) is 5.27. The largest absolute Gasteiger partial charge is 0.497 e. The van der Waals surface area contributed by atoms with E-state index in [1.807, 2.05) is 68.4 Å². The molecule has 0 aliphatic heterocycles. The first kappa shape index (κ1) is 19.1. The van der Waals surface area contributed by atoms with E-state index in [4.69, 9.17) is 9.72 Å². The van der Waals surface area contributed by atoms with Gasteiger partial charge in [0.2, 0.25) is 0 Å². The first-order valence-electron chi connectivity index (χ1n) is 9.29. The molecular formula is C23H21N3O2S. The lowest BCUT2D eigenvalue weighted by Crippen LogP contribution is -2.31. The zero-order valence-corrected chi connectivity index (χ0v) is 17.4. The average Bonchev–Trinajstić information content (AvgIpc) is 3.16. The molecule has 0 unspecified atom stereocenters. The molecule has 0 atom stereocenters. The van der Waals surface area contributed by atoms with Gasteiger partial charge in [-0.3, -0.25) is 14.7 Å². The maximum absolute atomic E-state index is 13.6. The summed E-state index contributed by atoms with van der Waals surface area (Å²) in [6.07, 6.45) is 1.74. The van der Waals surface area contributed by atoms with Gasteiger partial charge in [-0.05, 0) is 49.7 Å². The number of carbonyl (C=O) groups excluding carboxylic acids is 1. The number of anilines is 1. The Balaban J connectivity index is 1.79. The van der Waals surface area contributed by atoms with Crippen LogP contribution in [-0.2, 0) is 6.54 Å². The summed E-state index contributed by atoms with van der Waals surface area (Å²) in [6.45, 7) is 4.29. The van der Waals surface area contributed by atoms with Gasteiger partial charge in [0, 0.05) is 17.8 Å². The van der Waals surface area contributed by atoms with E-state index in [9.17, 15) is 4.79 Å². The van der Waals surface area contributed by atoms with Crippen LogP contribution < -0.4 is 9.64 Å². The van der Waals surface area contributed by atoms with E-state index >= 15 is 0 Å². The number of aryl methyl sites for hydroxylation is 2. The van der Waals surface area contributed by atoms with Crippen molar-refractivity contribution in [2.45, 2.75) is 20.4 Å². The van der Waals surface area contributed by atoms with Crippen LogP contribution in [0, 0.1) is 13.8 Å². The first-order valence-corrected chi connectivity index (χ1v) is 10.1. The molecule has 0 bridgehead atoms. The minimum Gasteiger partial charge on any atom is -0.497 e. The molecule has 0 spiro atoms. The van der Waals surface area contributed by atoms with E-state index in [0.717, 1.165) is 32.8 Å². The minimum atomic E-state index is -0.0807. The molecule has 0 radical (unpaired) electrons. The number of carbonyl (C=O) groups is 1. The SMILES string of the molecule is COc1ccc2sc(N(Cc3ccccn3)C(=O)c3cc(C)ccc3C)nc2c1. The highest BCUT2D eigenvalue weighted by atomic mass is 32.1. The Bertz CT molecular complexity index is 1170. The van der Waals surface area contributed by atoms with Gasteiger partial charge in [-0.15, -0.1) is 0 Å². The van der Waals surface area contributed by atoms with Gasteiger partial charge in [0.05, 0.1) is 29.6 Å². The number of ether oxygens (including phenoxy) is 1. The van der Waals surface area contributed by atoms with Gasteiger partial charge < -0.3 is 4.74 Å². The Labute approximate surface area is 173 Å². The molecule has 0 N–H and O–H groups in total. The van der Waals surface area contributed by atoms with Crippen LogP contribution in [0.1, 0.15) is 27.2 Å². The van der Waals surface area contributed by atoms with Crippen LogP contribution >= 0.6 is 11.3 Å². The minimum absolute atomic E-state index is 0.0807. The van der Waals surface area contributed by atoms with Crippen LogP contribution in [0.25, 0.3) is 10.2 Å². The highest BCUT2D eigenvalue weighted by molar-refractivity contribution is 7.22. The van der Waals surface area contributed by atoms with E-state index in [2.05, 4.69) is 4.98 Å². The molecule has 5 nitrogen and oxygen atoms in total. The number of amides is 1. The second-order valence-corrected chi connectivity index (χ2v) is 7.87. The summed E-state index contributed by atoms with van der Waals surface area (Å²) in [6, 6.07) is 17.4. The number of aromatic nitrogens is 2. The molecular weight excluding hydrogens is 382 g/mol. The lowest BCUT2D eigenvalue weighted by Gasteiger charge is -2.21. The van der Waals surface area contributed by atoms with Gasteiger partial charge >= 0.3 is 0 Å². The molecule has 0 aliphatic carbocycles. The van der Waals surface area contributed by atoms with Crippen molar-refractivity contribution >= 4 is 32.6 Å². The highest BCUT2D eigenvalue weighted by Crippen LogP contribution is 2.33. The van der Waals surface area contributed by atoms with Crippen molar-refractivity contribution in [3.63, 3.8) is 0 Å². The van der Waals surface area contributed by atoms with Crippen LogP contribution in [0.4, 0.5) is 5.13 Å². The molecule has 0 fully saturated rings. The number of methoxy groups -OCH3 is 1. The molecule has 0 aliphatic rings. The molecule has 0 saturated heterocycles. The van der Waals surface area contributed by atoms with Gasteiger partial charge in [0.25, 0.3) is 5.91 Å². The van der Waals surface area contributed by atoms with Crippen molar-refractivity contribution < 1.29 is 9.53 Å². The number of fused-ring (bicyclic) bond motifs is 1. The topological polar surface area (TPSA) is 55.3 Å². The number of pyridine rings is 1. The van der Waals surface area contributed by atoms with Gasteiger partial charge in [-0.25, -0.2) is 4.98 Å². The first-order chi connectivity index (χ1) is 14.0. The number of nitrogens with zero attached hydrogens (tertiary/aromatic N) is 3. The third-order valence-corrected chi connectivity index (χ3v) is 5.79. The molecule has 2 aromatic carbocycles. The Morgan fingerprint density at radius 1 is 1.10 bits per heavy atom. The fraction of sp³-hybridized carbons (Fsp3) is 0.174. The Morgan fingerprint density at radius 2 is 1.97 bits per heavy atom. The summed E-state index contributed by atoms with van der Waals surface area (Å²) in [5.41, 5.74) is 4.28. The summed E-state index contributed by atoms with van der Waals surface area (Å²) < 4.78 is 6.31. The quantitative estimate of drug-likeness (QED) is 0.462. The summed E-state index contributed by atoms with van der Waals surface area (Å²) in [5.74, 6) is 0.661. The molecule has 2 aromatic heterocycles. The lowest BCUT2D eigenvalue weighted by atomic mass is 10.0. The van der Waals surface area contributed by atoms with Crippen molar-refractivity contribution in [3.8, 4) is 5.75 Å². The molecule has 4 rings (SSSR count). The molecule has 4 aromatic rings. The average molecular weight is 404 g/mol. The van der Waals surface area contributed by atoms with E-state index < -0.39 is 0 Å². The molecule has 146 valence electrons. The van der Waals surface area contributed by atoms with E-state index in [1.165, 1.54) is 11.3 Å². The van der Waals surface area contributed by atoms with Crippen LogP contribution in [0.3, 0.4) is 0 Å². The lowest BCUT2D eigenvalue weighted by molar-refractivity contribution is 0.0984. The molecule has 1 amide bonds. The zero-order chi connectivity index (χ0) is 20.4. The summed E-state index contributed by atoms with van der Waals surface area (Å²) in [5, 5.41) is 0.643. The predicted octanol–water partition coefficient (Wildman–Crippen LogP) is 5.16. The van der Waals surface area contributed by atoms with Crippen molar-refractivity contribution in [2.24, 2.45) is 0 Å². The maximum Gasteiger partial charge on any atom is 0.260 e. The monoisotopic (exact) mass is 403 g/mol. The normalized spacial score (nSPS) is 10.9. The van der Waals surface area contributed by atoms with Crippen LogP contribution in [0.2, 0.25) is 0 Å². The predicted molar refractivity (Wildman–Crippen MR) is 117 cm³/mol. The molecule has 29 heavy (non-hydrogen) atoms. The summed E-state index contributed by atoms with van der Waals surface area (Å²) >= 11 is 1.49. The van der Waals surface area contributed by atoms with Crippen LogP contribution in [-0.4, -0.2) is 23.0 Å². The van der Waals surface area contributed by atoms with Crippen molar-refractivity contribution in [3.05, 3.63) is 83.2 Å². The number of thiazole rings is 1. The van der Waals surface area contributed by atoms with Gasteiger partial charge in [-0.2, -0.15) is 0 Å². The molecule has 6 heteroatoms. The van der Waals surface area contributed by atoms with Gasteiger partial charge in [0.15, 0.2) is 5.13 Å². The molecule has 0 saturated carbocycles. The second-order valence-electron chi connectivity index (χ2n) is 6.86. The van der Waals surface area contributed by atoms with E-state index in [-0.39, 0.29) is 5.91 Å². The van der Waals surface area contributed by atoms with Crippen molar-refractivity contribution in [1.82, 2.24) is 9.97 Å². The number of hydrogen-bond acceptors (Lipinski definition) is 5. The molecule has 2 heterocycles. The van der Waals surface area contributed by atoms with Gasteiger partial charge in [-0.1, -0.05) is 35.1 Å². The van der Waals surface area contributed by atoms with Crippen molar-refractivity contribution in [2.75, 3.05) is 12.0 Å². The second kappa shape index (κ2) is 8.01. The van der Waals surface area contributed by atoms with E-state index in [1.54, 1.807) is 18.2 Å². The number of benzene rings is 2. The third kappa shape index (κ3) is 3.98. The Hall–Kier alpha value is -3.25. The Morgan fingerprint density at radius 3 is 2.72 bits per heavy atom. The summed E-state index contributed by atoms with van der Waals surface area (Å²) in [7, 11) is 1.63. The number of hydrogen-bond donors (Lipinski definition) is 0. The standard InChI is InChI=1S/C23H21N3O2S/c1-15-7-8-16(2)19(12-15)22(27)26(14-17-6-4-5-11-24-17)23-25-20-13-18(28-3)9-10-21(20)29-23/h4-13H,14H2,1-3H3. The highest BCUT2D eigenvalue weighted by Gasteiger charge is 2.23. The van der Waals surface area contributed by atoms with Crippen LogP contribution in [0.5, 0.6) is 5.75 Å². The van der Waals surface area contributed by atoms with Crippen molar-refractivity contribution in [1.29, 1.82) is 0 Å². The fourth-order valence-electron chi connectivity index (χ4n) is 3.13. The van der Waals surface area contributed by atoms with Crippen LogP contribution in [0.15, 0.2) is 60.8 Å². The number of rotatable bonds is 5.